The minimum absolute atomic E-state index is 0.0853. The van der Waals surface area contributed by atoms with Crippen LogP contribution in [0.25, 0.3) is 0 Å². The fourth-order valence-corrected chi connectivity index (χ4v) is 2.67. The number of carbonyl (C=O) groups is 1. The standard InChI is InChI=1S/C18H36O3/c1-2-3-4-11-14-17(19)15-12-9-7-5-6-8-10-13-16-18(20)21/h17,19H,2-16H2,1H3,(H,20,21)/i20+2,21+2. The largest absolute Gasteiger partial charge is 0.481 e. The normalized spacial score (nSPS) is 12.5. The number of aliphatic carboxylic acids is 1. The van der Waals surface area contributed by atoms with E-state index in [-0.39, 0.29) is 6.10 Å². The highest BCUT2D eigenvalue weighted by Gasteiger charge is 2.03. The first-order valence-electron chi connectivity index (χ1n) is 9.06. The molecule has 0 saturated carbocycles. The zero-order chi connectivity index (χ0) is 15.8. The van der Waals surface area contributed by atoms with Gasteiger partial charge in [-0.15, -0.1) is 0 Å². The number of carboxylic acid groups (broad SMARTS) is 1. The Bertz CT molecular complexity index is 229. The number of carboxylic acids is 1. The highest BCUT2D eigenvalue weighted by Crippen LogP contribution is 2.14. The molecule has 0 aromatic carbocycles. The predicted octanol–water partition coefficient (Wildman–Crippen LogP) is 5.30. The van der Waals surface area contributed by atoms with Crippen molar-refractivity contribution in [2.75, 3.05) is 0 Å². The monoisotopic (exact) mass is 304 g/mol. The molecule has 0 aliphatic heterocycles. The molecule has 3 nitrogen and oxygen atoms in total. The summed E-state index contributed by atoms with van der Waals surface area (Å²) in [5, 5.41) is 18.4. The molecule has 0 aliphatic carbocycles. The first kappa shape index (κ1) is 20.4. The molecule has 0 spiro atoms. The van der Waals surface area contributed by atoms with Crippen LogP contribution < -0.4 is 0 Å². The van der Waals surface area contributed by atoms with Gasteiger partial charge in [-0.2, -0.15) is 0 Å². The fourth-order valence-electron chi connectivity index (χ4n) is 2.67. The maximum absolute atomic E-state index is 10.3. The lowest BCUT2D eigenvalue weighted by molar-refractivity contribution is -0.137. The third-order valence-corrected chi connectivity index (χ3v) is 4.07. The highest BCUT2D eigenvalue weighted by molar-refractivity contribution is 5.66. The molecule has 0 amide bonds. The molecule has 0 aromatic rings. The molecule has 0 radical (unpaired) electrons. The van der Waals surface area contributed by atoms with Crippen LogP contribution in [0.5, 0.6) is 0 Å². The van der Waals surface area contributed by atoms with Gasteiger partial charge in [0.25, 0.3) is 0 Å². The Hall–Kier alpha value is -0.570. The lowest BCUT2D eigenvalue weighted by atomic mass is 10.0. The summed E-state index contributed by atoms with van der Waals surface area (Å²) in [6.45, 7) is 2.21. The van der Waals surface area contributed by atoms with E-state index in [1.807, 2.05) is 0 Å². The summed E-state index contributed by atoms with van der Waals surface area (Å²) < 4.78 is 0. The van der Waals surface area contributed by atoms with Crippen LogP contribution in [0.3, 0.4) is 0 Å². The van der Waals surface area contributed by atoms with E-state index in [1.54, 1.807) is 0 Å². The van der Waals surface area contributed by atoms with Gasteiger partial charge < -0.3 is 10.2 Å². The number of aliphatic hydroxyl groups is 1. The van der Waals surface area contributed by atoms with Gasteiger partial charge in [-0.25, -0.2) is 0 Å². The molecule has 0 rings (SSSR count). The van der Waals surface area contributed by atoms with Gasteiger partial charge >= 0.3 is 5.97 Å². The Balaban J connectivity index is 3.12. The van der Waals surface area contributed by atoms with Crippen molar-refractivity contribution in [1.29, 1.82) is 0 Å². The van der Waals surface area contributed by atoms with Crippen molar-refractivity contribution in [3.05, 3.63) is 0 Å². The van der Waals surface area contributed by atoms with E-state index < -0.39 is 5.97 Å². The summed E-state index contributed by atoms with van der Waals surface area (Å²) in [5.74, 6) is -0.678. The average molecular weight is 304 g/mol. The van der Waals surface area contributed by atoms with E-state index in [4.69, 9.17) is 5.11 Å². The molecule has 126 valence electrons. The van der Waals surface area contributed by atoms with Gasteiger partial charge in [0.2, 0.25) is 0 Å². The topological polar surface area (TPSA) is 57.5 Å². The molecule has 1 atom stereocenters. The molecule has 0 saturated heterocycles. The molecule has 0 bridgehead atoms. The summed E-state index contributed by atoms with van der Waals surface area (Å²) in [5.41, 5.74) is 0. The lowest BCUT2D eigenvalue weighted by Gasteiger charge is -2.10. The quantitative estimate of drug-likeness (QED) is 0.300. The summed E-state index contributed by atoms with van der Waals surface area (Å²) in [6, 6.07) is 0. The molecule has 3 heteroatoms. The first-order chi connectivity index (χ1) is 10.2. The van der Waals surface area contributed by atoms with Crippen molar-refractivity contribution in [1.82, 2.24) is 0 Å². The summed E-state index contributed by atoms with van der Waals surface area (Å²) >= 11 is 0. The zero-order valence-corrected chi connectivity index (χ0v) is 14.0. The maximum atomic E-state index is 10.3. The van der Waals surface area contributed by atoms with Crippen LogP contribution in [0.15, 0.2) is 0 Å². The Kier molecular flexibility index (Phi) is 15.4. The second kappa shape index (κ2) is 15.8. The number of unbranched alkanes of at least 4 members (excludes halogenated alkanes) is 10. The molecular formula is C18H36O3. The smallest absolute Gasteiger partial charge is 0.303 e. The van der Waals surface area contributed by atoms with E-state index in [0.29, 0.717) is 6.42 Å². The van der Waals surface area contributed by atoms with Gasteiger partial charge in [0.05, 0.1) is 6.10 Å². The van der Waals surface area contributed by atoms with E-state index in [9.17, 15) is 9.90 Å². The molecular weight excluding hydrogens is 268 g/mol. The maximum Gasteiger partial charge on any atom is 0.303 e. The average Bonchev–Trinajstić information content (AvgIpc) is 2.45. The van der Waals surface area contributed by atoms with E-state index in [1.165, 1.54) is 51.4 Å². The van der Waals surface area contributed by atoms with Crippen LogP contribution in [-0.4, -0.2) is 22.3 Å². The van der Waals surface area contributed by atoms with Crippen molar-refractivity contribution in [3.8, 4) is 0 Å². The van der Waals surface area contributed by atoms with E-state index >= 15 is 0 Å². The van der Waals surface area contributed by atoms with Crippen molar-refractivity contribution >= 4 is 5.97 Å². The van der Waals surface area contributed by atoms with Crippen LogP contribution in [-0.2, 0) is 4.79 Å². The molecule has 21 heavy (non-hydrogen) atoms. The first-order valence-corrected chi connectivity index (χ1v) is 9.06. The number of aliphatic hydroxyl groups excluding tert-OH is 1. The number of hydrogen-bond acceptors (Lipinski definition) is 2. The van der Waals surface area contributed by atoms with Crippen LogP contribution in [0.2, 0.25) is 0 Å². The molecule has 1 unspecified atom stereocenters. The number of rotatable bonds is 16. The fraction of sp³-hybridized carbons (Fsp3) is 0.944. The van der Waals surface area contributed by atoms with Gasteiger partial charge in [0.15, 0.2) is 0 Å². The van der Waals surface area contributed by atoms with Gasteiger partial charge in [-0.3, -0.25) is 4.79 Å². The Morgan fingerprint density at radius 3 is 1.71 bits per heavy atom. The van der Waals surface area contributed by atoms with Gasteiger partial charge in [-0.05, 0) is 19.3 Å². The Morgan fingerprint density at radius 2 is 1.24 bits per heavy atom. The lowest BCUT2D eigenvalue weighted by Crippen LogP contribution is -2.05. The third kappa shape index (κ3) is 17.4. The zero-order valence-electron chi connectivity index (χ0n) is 14.0. The summed E-state index contributed by atoms with van der Waals surface area (Å²) in [6.07, 6.45) is 16.3. The second-order valence-electron chi connectivity index (χ2n) is 6.26. The number of hydrogen-bond donors (Lipinski definition) is 2. The predicted molar refractivity (Wildman–Crippen MR) is 88.6 cm³/mol. The minimum Gasteiger partial charge on any atom is -0.481 e. The molecule has 0 aromatic heterocycles. The SMILES string of the molecule is CCCCCCC(O)CCCCCCCCCCC(=[18O])[18OH]. The van der Waals surface area contributed by atoms with E-state index in [0.717, 1.165) is 38.5 Å². The van der Waals surface area contributed by atoms with E-state index in [2.05, 4.69) is 6.92 Å². The molecule has 2 N–H and O–H groups in total. The summed E-state index contributed by atoms with van der Waals surface area (Å²) in [4.78, 5) is 10.3. The van der Waals surface area contributed by atoms with Gasteiger partial charge in [0, 0.05) is 6.42 Å². The van der Waals surface area contributed by atoms with Crippen molar-refractivity contribution in [2.45, 2.75) is 109 Å². The van der Waals surface area contributed by atoms with Crippen molar-refractivity contribution in [2.24, 2.45) is 0 Å². The minimum atomic E-state index is -0.678. The van der Waals surface area contributed by atoms with Crippen LogP contribution in [0.4, 0.5) is 0 Å². The third-order valence-electron chi connectivity index (χ3n) is 4.07. The van der Waals surface area contributed by atoms with Crippen LogP contribution in [0, 0.1) is 0 Å². The molecule has 0 heterocycles. The van der Waals surface area contributed by atoms with Gasteiger partial charge in [0.1, 0.15) is 0 Å². The Labute approximate surface area is 131 Å². The molecule has 0 fully saturated rings. The highest BCUT2D eigenvalue weighted by atomic mass is 18.2. The van der Waals surface area contributed by atoms with Crippen LogP contribution >= 0.6 is 0 Å². The second-order valence-corrected chi connectivity index (χ2v) is 6.26. The van der Waals surface area contributed by atoms with Crippen molar-refractivity contribution < 1.29 is 15.0 Å². The van der Waals surface area contributed by atoms with Crippen LogP contribution in [0.1, 0.15) is 103 Å². The Morgan fingerprint density at radius 1 is 0.810 bits per heavy atom. The van der Waals surface area contributed by atoms with Crippen molar-refractivity contribution in [3.63, 3.8) is 0 Å². The van der Waals surface area contributed by atoms with Gasteiger partial charge in [-0.1, -0.05) is 77.6 Å². The summed E-state index contributed by atoms with van der Waals surface area (Å²) in [7, 11) is 0. The molecule has 0 aliphatic rings.